The summed E-state index contributed by atoms with van der Waals surface area (Å²) in [5, 5.41) is 9.62. The third-order valence-corrected chi connectivity index (χ3v) is 3.10. The quantitative estimate of drug-likeness (QED) is 0.530. The first-order chi connectivity index (χ1) is 6.49. The molecule has 0 amide bonds. The second-order valence-corrected chi connectivity index (χ2v) is 9.62. The summed E-state index contributed by atoms with van der Waals surface area (Å²) in [4.78, 5) is 0. The van der Waals surface area contributed by atoms with Gasteiger partial charge in [-0.05, 0) is 12.8 Å². The van der Waals surface area contributed by atoms with Crippen LogP contribution in [0.2, 0.25) is 19.6 Å². The molecule has 0 saturated carbocycles. The van der Waals surface area contributed by atoms with Crippen LogP contribution in [0.15, 0.2) is 0 Å². The van der Waals surface area contributed by atoms with Gasteiger partial charge < -0.3 is 9.84 Å². The number of hydrogen-bond acceptors (Lipinski definition) is 2. The van der Waals surface area contributed by atoms with Crippen molar-refractivity contribution in [3.05, 3.63) is 0 Å². The first kappa shape index (κ1) is 11.8. The number of aliphatic hydroxyl groups excluding tert-OH is 1. The van der Waals surface area contributed by atoms with Gasteiger partial charge in [0.1, 0.15) is 8.07 Å². The molecule has 1 rings (SSSR count). The van der Waals surface area contributed by atoms with Gasteiger partial charge in [-0.25, -0.2) is 0 Å². The second-order valence-electron chi connectivity index (χ2n) is 4.87. The van der Waals surface area contributed by atoms with E-state index in [2.05, 4.69) is 31.1 Å². The van der Waals surface area contributed by atoms with E-state index in [1.807, 2.05) is 0 Å². The Kier molecular flexibility index (Phi) is 4.18. The van der Waals surface area contributed by atoms with E-state index >= 15 is 0 Å². The van der Waals surface area contributed by atoms with Gasteiger partial charge >= 0.3 is 0 Å². The molecule has 1 N–H and O–H groups in total. The van der Waals surface area contributed by atoms with Crippen molar-refractivity contribution in [2.45, 2.75) is 51.1 Å². The maximum atomic E-state index is 9.62. The van der Waals surface area contributed by atoms with Gasteiger partial charge in [-0.3, -0.25) is 0 Å². The lowest BCUT2D eigenvalue weighted by atomic mass is 10.0. The summed E-state index contributed by atoms with van der Waals surface area (Å²) in [6.07, 6.45) is 2.16. The van der Waals surface area contributed by atoms with Crippen LogP contribution in [0.3, 0.4) is 0 Å². The van der Waals surface area contributed by atoms with Crippen LogP contribution in [0, 0.1) is 11.5 Å². The highest BCUT2D eigenvalue weighted by Crippen LogP contribution is 2.16. The monoisotopic (exact) mass is 212 g/mol. The molecule has 0 unspecified atom stereocenters. The summed E-state index contributed by atoms with van der Waals surface area (Å²) < 4.78 is 5.47. The van der Waals surface area contributed by atoms with Crippen molar-refractivity contribution in [2.75, 3.05) is 6.61 Å². The van der Waals surface area contributed by atoms with Crippen molar-refractivity contribution >= 4 is 8.07 Å². The van der Waals surface area contributed by atoms with Crippen molar-refractivity contribution in [3.8, 4) is 11.5 Å². The molecule has 14 heavy (non-hydrogen) atoms. The minimum atomic E-state index is -1.26. The van der Waals surface area contributed by atoms with Crippen molar-refractivity contribution < 1.29 is 9.84 Å². The van der Waals surface area contributed by atoms with Gasteiger partial charge in [0.2, 0.25) is 0 Å². The number of aliphatic hydroxyl groups is 1. The molecule has 1 heterocycles. The summed E-state index contributed by atoms with van der Waals surface area (Å²) in [5.41, 5.74) is 3.29. The molecular formula is C11H20O2Si. The topological polar surface area (TPSA) is 29.5 Å². The molecule has 0 aromatic heterocycles. The molecule has 0 aromatic carbocycles. The Morgan fingerprint density at radius 1 is 1.43 bits per heavy atom. The zero-order chi connectivity index (χ0) is 10.6. The molecular weight excluding hydrogens is 192 g/mol. The largest absolute Gasteiger partial charge is 0.390 e. The Balaban J connectivity index is 2.39. The predicted molar refractivity (Wildman–Crippen MR) is 60.7 cm³/mol. The van der Waals surface area contributed by atoms with Crippen LogP contribution in [0.5, 0.6) is 0 Å². The van der Waals surface area contributed by atoms with Gasteiger partial charge in [-0.2, -0.15) is 0 Å². The van der Waals surface area contributed by atoms with E-state index < -0.39 is 8.07 Å². The van der Waals surface area contributed by atoms with E-state index in [1.165, 1.54) is 0 Å². The summed E-state index contributed by atoms with van der Waals surface area (Å²) in [6, 6.07) is 0. The highest BCUT2D eigenvalue weighted by atomic mass is 28.3. The van der Waals surface area contributed by atoms with Crippen molar-refractivity contribution in [2.24, 2.45) is 0 Å². The molecule has 1 saturated heterocycles. The average Bonchev–Trinajstić information content (AvgIpc) is 2.06. The Hall–Kier alpha value is -0.303. The van der Waals surface area contributed by atoms with E-state index in [4.69, 9.17) is 4.74 Å². The third-order valence-electron chi connectivity index (χ3n) is 2.17. The standard InChI is InChI=1S/C11H20O2Si/c1-14(2,3)9-5-7-11-10(12)6-4-8-13-11/h10-12H,4,6-8H2,1-3H3/t10-,11+/m1/s1. The maximum Gasteiger partial charge on any atom is 0.129 e. The fourth-order valence-electron chi connectivity index (χ4n) is 1.44. The van der Waals surface area contributed by atoms with Gasteiger partial charge in [0.15, 0.2) is 0 Å². The fourth-order valence-corrected chi connectivity index (χ4v) is 2.07. The Morgan fingerprint density at radius 2 is 2.14 bits per heavy atom. The van der Waals surface area contributed by atoms with Crippen molar-refractivity contribution in [1.82, 2.24) is 0 Å². The van der Waals surface area contributed by atoms with Gasteiger partial charge in [0.05, 0.1) is 12.2 Å². The second kappa shape index (κ2) is 4.97. The van der Waals surface area contributed by atoms with E-state index in [0.29, 0.717) is 6.42 Å². The third kappa shape index (κ3) is 4.27. The van der Waals surface area contributed by atoms with Gasteiger partial charge in [0.25, 0.3) is 0 Å². The highest BCUT2D eigenvalue weighted by molar-refractivity contribution is 6.83. The van der Waals surface area contributed by atoms with Crippen LogP contribution in [0.4, 0.5) is 0 Å². The average molecular weight is 212 g/mol. The zero-order valence-electron chi connectivity index (χ0n) is 9.34. The van der Waals surface area contributed by atoms with Gasteiger partial charge in [0, 0.05) is 13.0 Å². The Bertz CT molecular complexity index is 234. The number of rotatable bonds is 1. The summed E-state index contributed by atoms with van der Waals surface area (Å²) >= 11 is 0. The molecule has 0 spiro atoms. The minimum Gasteiger partial charge on any atom is -0.390 e. The molecule has 0 aliphatic carbocycles. The Morgan fingerprint density at radius 3 is 2.71 bits per heavy atom. The molecule has 1 aliphatic heterocycles. The normalized spacial score (nSPS) is 28.0. The van der Waals surface area contributed by atoms with Crippen molar-refractivity contribution in [1.29, 1.82) is 0 Å². The summed E-state index contributed by atoms with van der Waals surface area (Å²) in [5.74, 6) is 3.15. The highest BCUT2D eigenvalue weighted by Gasteiger charge is 2.22. The molecule has 1 aliphatic rings. The van der Waals surface area contributed by atoms with Crippen LogP contribution in [-0.2, 0) is 4.74 Å². The smallest absolute Gasteiger partial charge is 0.129 e. The minimum absolute atomic E-state index is 0.0485. The lowest BCUT2D eigenvalue weighted by molar-refractivity contribution is -0.0703. The van der Waals surface area contributed by atoms with E-state index in [-0.39, 0.29) is 12.2 Å². The maximum absolute atomic E-state index is 9.62. The summed E-state index contributed by atoms with van der Waals surface area (Å²) in [6.45, 7) is 7.44. The predicted octanol–water partition coefficient (Wildman–Crippen LogP) is 1.80. The first-order valence-electron chi connectivity index (χ1n) is 5.29. The SMILES string of the molecule is C[Si](C)(C)C#CC[C@@H]1OCCC[C@H]1O. The van der Waals surface area contributed by atoms with Crippen LogP contribution in [-0.4, -0.2) is 32.0 Å². The molecule has 0 aromatic rings. The number of ether oxygens (including phenoxy) is 1. The van der Waals surface area contributed by atoms with Gasteiger partial charge in [-0.15, -0.1) is 11.5 Å². The van der Waals surface area contributed by atoms with Crippen LogP contribution >= 0.6 is 0 Å². The van der Waals surface area contributed by atoms with Crippen molar-refractivity contribution in [3.63, 3.8) is 0 Å². The lowest BCUT2D eigenvalue weighted by Crippen LogP contribution is -2.33. The first-order valence-corrected chi connectivity index (χ1v) is 8.79. The van der Waals surface area contributed by atoms with Crippen LogP contribution in [0.25, 0.3) is 0 Å². The van der Waals surface area contributed by atoms with Gasteiger partial charge in [-0.1, -0.05) is 19.6 Å². The molecule has 80 valence electrons. The molecule has 3 heteroatoms. The van der Waals surface area contributed by atoms with Crippen LogP contribution in [0.1, 0.15) is 19.3 Å². The van der Waals surface area contributed by atoms with E-state index in [0.717, 1.165) is 19.4 Å². The van der Waals surface area contributed by atoms with Crippen LogP contribution < -0.4 is 0 Å². The van der Waals surface area contributed by atoms with E-state index in [1.54, 1.807) is 0 Å². The fraction of sp³-hybridized carbons (Fsp3) is 0.818. The Labute approximate surface area is 87.7 Å². The zero-order valence-corrected chi connectivity index (χ0v) is 10.3. The number of hydrogen-bond donors (Lipinski definition) is 1. The molecule has 0 radical (unpaired) electrons. The molecule has 2 nitrogen and oxygen atoms in total. The molecule has 0 bridgehead atoms. The van der Waals surface area contributed by atoms with E-state index in [9.17, 15) is 5.11 Å². The lowest BCUT2D eigenvalue weighted by Gasteiger charge is -2.26. The molecule has 2 atom stereocenters. The summed E-state index contributed by atoms with van der Waals surface area (Å²) in [7, 11) is -1.26. The molecule has 1 fully saturated rings.